The highest BCUT2D eigenvalue weighted by molar-refractivity contribution is 5.20. The minimum Gasteiger partial charge on any atom is -0.301 e. The fourth-order valence-corrected chi connectivity index (χ4v) is 4.77. The van der Waals surface area contributed by atoms with Gasteiger partial charge < -0.3 is 4.90 Å². The van der Waals surface area contributed by atoms with E-state index >= 15 is 0 Å². The van der Waals surface area contributed by atoms with Gasteiger partial charge in [-0.1, -0.05) is 37.3 Å². The number of nitrogens with zero attached hydrogens (tertiary/aromatic N) is 3. The lowest BCUT2D eigenvalue weighted by Crippen LogP contribution is -2.49. The number of rotatable bonds is 7. The summed E-state index contributed by atoms with van der Waals surface area (Å²) in [6.45, 7) is 9.00. The molecule has 5 heteroatoms. The highest BCUT2D eigenvalue weighted by atomic mass is 15.4. The third-order valence-corrected chi connectivity index (χ3v) is 6.28. The standard InChI is InChI=1S/C23H33N5/c1-2-28(16-19-10-12-24-13-11-19)22-9-6-14-27(18-22)17-21-15-25-26-23(21)20-7-4-3-5-8-20/h3-5,7-8,10-13,21-23,25-26H,2,6,9,14-18H2,1H3. The van der Waals surface area contributed by atoms with Crippen LogP contribution in [-0.4, -0.2) is 53.5 Å². The van der Waals surface area contributed by atoms with E-state index in [2.05, 4.69) is 75.0 Å². The number of likely N-dealkylation sites (tertiary alicyclic amines) is 1. The van der Waals surface area contributed by atoms with E-state index in [9.17, 15) is 0 Å². The molecule has 3 unspecified atom stereocenters. The van der Waals surface area contributed by atoms with Crippen LogP contribution in [0, 0.1) is 5.92 Å². The summed E-state index contributed by atoms with van der Waals surface area (Å²) in [6, 6.07) is 16.2. The van der Waals surface area contributed by atoms with E-state index in [0.29, 0.717) is 18.0 Å². The summed E-state index contributed by atoms with van der Waals surface area (Å²) in [7, 11) is 0. The Morgan fingerprint density at radius 2 is 1.96 bits per heavy atom. The van der Waals surface area contributed by atoms with E-state index in [-0.39, 0.29) is 0 Å². The van der Waals surface area contributed by atoms with Crippen molar-refractivity contribution < 1.29 is 0 Å². The Morgan fingerprint density at radius 1 is 1.14 bits per heavy atom. The summed E-state index contributed by atoms with van der Waals surface area (Å²) in [5, 5.41) is 0. The predicted molar refractivity (Wildman–Crippen MR) is 114 cm³/mol. The number of nitrogens with one attached hydrogen (secondary N) is 2. The molecule has 1 aromatic heterocycles. The molecule has 2 aromatic rings. The maximum Gasteiger partial charge on any atom is 0.0515 e. The van der Waals surface area contributed by atoms with Gasteiger partial charge in [0.1, 0.15) is 0 Å². The zero-order chi connectivity index (χ0) is 19.2. The first-order valence-electron chi connectivity index (χ1n) is 10.7. The quantitative estimate of drug-likeness (QED) is 0.774. The van der Waals surface area contributed by atoms with Gasteiger partial charge in [-0.3, -0.25) is 15.3 Å². The van der Waals surface area contributed by atoms with Gasteiger partial charge in [-0.2, -0.15) is 0 Å². The smallest absolute Gasteiger partial charge is 0.0515 e. The van der Waals surface area contributed by atoms with Gasteiger partial charge in [-0.25, -0.2) is 5.43 Å². The van der Waals surface area contributed by atoms with Crippen LogP contribution < -0.4 is 10.9 Å². The summed E-state index contributed by atoms with van der Waals surface area (Å²) < 4.78 is 0. The monoisotopic (exact) mass is 379 g/mol. The van der Waals surface area contributed by atoms with Crippen LogP contribution in [0.2, 0.25) is 0 Å². The number of benzene rings is 1. The first-order valence-corrected chi connectivity index (χ1v) is 10.7. The molecule has 0 spiro atoms. The number of likely N-dealkylation sites (N-methyl/N-ethyl adjacent to an activating group) is 1. The molecule has 4 rings (SSSR count). The Labute approximate surface area is 169 Å². The maximum absolute atomic E-state index is 4.15. The molecule has 2 fully saturated rings. The molecule has 0 saturated carbocycles. The minimum atomic E-state index is 0.403. The van der Waals surface area contributed by atoms with Crippen LogP contribution in [-0.2, 0) is 6.54 Å². The van der Waals surface area contributed by atoms with E-state index < -0.39 is 0 Å². The zero-order valence-corrected chi connectivity index (χ0v) is 16.9. The number of piperidine rings is 1. The number of aromatic nitrogens is 1. The van der Waals surface area contributed by atoms with Crippen molar-refractivity contribution in [3.05, 3.63) is 66.0 Å². The molecule has 0 aliphatic carbocycles. The van der Waals surface area contributed by atoms with Gasteiger partial charge in [0.2, 0.25) is 0 Å². The lowest BCUT2D eigenvalue weighted by Gasteiger charge is -2.40. The lowest BCUT2D eigenvalue weighted by atomic mass is 9.93. The van der Waals surface area contributed by atoms with Gasteiger partial charge in [0, 0.05) is 50.5 Å². The Hall–Kier alpha value is -1.79. The minimum absolute atomic E-state index is 0.403. The third-order valence-electron chi connectivity index (χ3n) is 6.28. The molecule has 0 amide bonds. The van der Waals surface area contributed by atoms with E-state index in [4.69, 9.17) is 0 Å². The normalized spacial score (nSPS) is 26.0. The number of hydrogen-bond acceptors (Lipinski definition) is 5. The SMILES string of the molecule is CCN(Cc1ccncc1)C1CCCN(CC2CNNC2c2ccccc2)C1. The lowest BCUT2D eigenvalue weighted by molar-refractivity contribution is 0.0854. The highest BCUT2D eigenvalue weighted by Crippen LogP contribution is 2.27. The summed E-state index contributed by atoms with van der Waals surface area (Å²) in [4.78, 5) is 9.49. The Bertz CT molecular complexity index is 707. The van der Waals surface area contributed by atoms with Crippen molar-refractivity contribution >= 4 is 0 Å². The largest absolute Gasteiger partial charge is 0.301 e. The van der Waals surface area contributed by atoms with Gasteiger partial charge in [-0.05, 0) is 49.2 Å². The zero-order valence-electron chi connectivity index (χ0n) is 16.9. The average molecular weight is 380 g/mol. The Kier molecular flexibility index (Phi) is 6.70. The number of pyridine rings is 1. The van der Waals surface area contributed by atoms with Crippen molar-refractivity contribution in [2.45, 2.75) is 38.4 Å². The molecular weight excluding hydrogens is 346 g/mol. The van der Waals surface area contributed by atoms with Crippen molar-refractivity contribution in [1.29, 1.82) is 0 Å². The molecule has 2 N–H and O–H groups in total. The van der Waals surface area contributed by atoms with Crippen LogP contribution in [0.1, 0.15) is 36.9 Å². The first-order chi connectivity index (χ1) is 13.8. The van der Waals surface area contributed by atoms with Crippen molar-refractivity contribution in [1.82, 2.24) is 25.6 Å². The molecule has 2 saturated heterocycles. The van der Waals surface area contributed by atoms with Crippen LogP contribution >= 0.6 is 0 Å². The molecular formula is C23H33N5. The van der Waals surface area contributed by atoms with Crippen molar-refractivity contribution in [2.75, 3.05) is 32.7 Å². The van der Waals surface area contributed by atoms with Crippen LogP contribution in [0.5, 0.6) is 0 Å². The second kappa shape index (κ2) is 9.61. The highest BCUT2D eigenvalue weighted by Gasteiger charge is 2.32. The summed E-state index contributed by atoms with van der Waals surface area (Å²) in [6.07, 6.45) is 6.40. The van der Waals surface area contributed by atoms with E-state index in [1.165, 1.54) is 37.1 Å². The molecule has 2 aliphatic heterocycles. The van der Waals surface area contributed by atoms with Crippen LogP contribution in [0.25, 0.3) is 0 Å². The van der Waals surface area contributed by atoms with Crippen molar-refractivity contribution in [3.8, 4) is 0 Å². The maximum atomic E-state index is 4.15. The van der Waals surface area contributed by atoms with Gasteiger partial charge in [0.05, 0.1) is 6.04 Å². The van der Waals surface area contributed by atoms with Crippen molar-refractivity contribution in [2.24, 2.45) is 5.92 Å². The molecule has 2 aliphatic rings. The van der Waals surface area contributed by atoms with E-state index in [1.54, 1.807) is 0 Å². The first kappa shape index (κ1) is 19.5. The van der Waals surface area contributed by atoms with Gasteiger partial charge in [0.15, 0.2) is 0 Å². The molecule has 5 nitrogen and oxygen atoms in total. The molecule has 3 heterocycles. The Morgan fingerprint density at radius 3 is 2.75 bits per heavy atom. The van der Waals surface area contributed by atoms with Gasteiger partial charge in [0.25, 0.3) is 0 Å². The summed E-state index contributed by atoms with van der Waals surface area (Å²) in [5.41, 5.74) is 9.64. The predicted octanol–water partition coefficient (Wildman–Crippen LogP) is 2.83. The fourth-order valence-electron chi connectivity index (χ4n) is 4.77. The van der Waals surface area contributed by atoms with Crippen LogP contribution in [0.3, 0.4) is 0 Å². The molecule has 0 radical (unpaired) electrons. The van der Waals surface area contributed by atoms with E-state index in [1.807, 2.05) is 12.4 Å². The molecule has 0 bridgehead atoms. The molecule has 3 atom stereocenters. The number of hydrazine groups is 1. The average Bonchev–Trinajstić information content (AvgIpc) is 3.21. The molecule has 28 heavy (non-hydrogen) atoms. The fraction of sp³-hybridized carbons (Fsp3) is 0.522. The van der Waals surface area contributed by atoms with Gasteiger partial charge >= 0.3 is 0 Å². The molecule has 1 aromatic carbocycles. The van der Waals surface area contributed by atoms with Crippen LogP contribution in [0.15, 0.2) is 54.9 Å². The van der Waals surface area contributed by atoms with Gasteiger partial charge in [-0.15, -0.1) is 0 Å². The number of hydrogen-bond donors (Lipinski definition) is 2. The summed E-state index contributed by atoms with van der Waals surface area (Å²) in [5.74, 6) is 0.608. The third kappa shape index (κ3) is 4.78. The Balaban J connectivity index is 1.36. The molecule has 150 valence electrons. The van der Waals surface area contributed by atoms with Crippen LogP contribution in [0.4, 0.5) is 0 Å². The van der Waals surface area contributed by atoms with Crippen molar-refractivity contribution in [3.63, 3.8) is 0 Å². The second-order valence-electron chi connectivity index (χ2n) is 8.15. The topological polar surface area (TPSA) is 43.4 Å². The van der Waals surface area contributed by atoms with E-state index in [0.717, 1.165) is 26.2 Å². The summed E-state index contributed by atoms with van der Waals surface area (Å²) >= 11 is 0. The second-order valence-corrected chi connectivity index (χ2v) is 8.15.